The summed E-state index contributed by atoms with van der Waals surface area (Å²) in [5, 5.41) is 4.03. The van der Waals surface area contributed by atoms with Crippen molar-refractivity contribution in [2.75, 3.05) is 19.5 Å². The largest absolute Gasteiger partial charge is 0.493 e. The van der Waals surface area contributed by atoms with E-state index >= 15 is 0 Å². The van der Waals surface area contributed by atoms with E-state index in [9.17, 15) is 0 Å². The first kappa shape index (κ1) is 15.0. The van der Waals surface area contributed by atoms with E-state index in [2.05, 4.69) is 21.2 Å². The van der Waals surface area contributed by atoms with Crippen LogP contribution in [0.3, 0.4) is 0 Å². The molecule has 0 aliphatic rings. The van der Waals surface area contributed by atoms with Gasteiger partial charge in [-0.3, -0.25) is 0 Å². The van der Waals surface area contributed by atoms with Gasteiger partial charge in [0.15, 0.2) is 11.5 Å². The first-order valence-corrected chi connectivity index (χ1v) is 7.21. The van der Waals surface area contributed by atoms with E-state index in [1.807, 2.05) is 36.4 Å². The van der Waals surface area contributed by atoms with Crippen LogP contribution in [0.4, 0.5) is 5.69 Å². The standard InChI is InChI=1S/C15H15BrClNO2/c1-19-14-6-4-11(8-15(14)20-2)18-9-10-3-5-12(16)13(17)7-10/h3-8,18H,9H2,1-2H3. The zero-order chi connectivity index (χ0) is 14.5. The molecule has 5 heteroatoms. The van der Waals surface area contributed by atoms with Crippen LogP contribution in [0.5, 0.6) is 11.5 Å². The minimum atomic E-state index is 0.683. The van der Waals surface area contributed by atoms with Gasteiger partial charge < -0.3 is 14.8 Å². The molecule has 106 valence electrons. The zero-order valence-corrected chi connectivity index (χ0v) is 13.6. The van der Waals surface area contributed by atoms with E-state index in [-0.39, 0.29) is 0 Å². The smallest absolute Gasteiger partial charge is 0.162 e. The maximum Gasteiger partial charge on any atom is 0.162 e. The maximum absolute atomic E-state index is 6.07. The topological polar surface area (TPSA) is 30.5 Å². The van der Waals surface area contributed by atoms with Gasteiger partial charge in [-0.1, -0.05) is 17.7 Å². The number of halogens is 2. The first-order valence-electron chi connectivity index (χ1n) is 6.04. The summed E-state index contributed by atoms with van der Waals surface area (Å²) in [4.78, 5) is 0. The van der Waals surface area contributed by atoms with Gasteiger partial charge in [-0.2, -0.15) is 0 Å². The Bertz CT molecular complexity index is 604. The summed E-state index contributed by atoms with van der Waals surface area (Å²) in [6, 6.07) is 11.6. The monoisotopic (exact) mass is 355 g/mol. The summed E-state index contributed by atoms with van der Waals surface area (Å²) in [6.07, 6.45) is 0. The van der Waals surface area contributed by atoms with E-state index in [4.69, 9.17) is 21.1 Å². The number of nitrogens with one attached hydrogen (secondary N) is 1. The third-order valence-electron chi connectivity index (χ3n) is 2.86. The van der Waals surface area contributed by atoms with Gasteiger partial charge in [0, 0.05) is 22.8 Å². The Balaban J connectivity index is 2.08. The Morgan fingerprint density at radius 3 is 2.45 bits per heavy atom. The Kier molecular flexibility index (Phi) is 5.15. The van der Waals surface area contributed by atoms with Crippen molar-refractivity contribution < 1.29 is 9.47 Å². The molecular formula is C15H15BrClNO2. The lowest BCUT2D eigenvalue weighted by Crippen LogP contribution is -2.00. The summed E-state index contributed by atoms with van der Waals surface area (Å²) < 4.78 is 11.4. The van der Waals surface area contributed by atoms with E-state index in [1.54, 1.807) is 14.2 Å². The van der Waals surface area contributed by atoms with Crippen LogP contribution in [0.2, 0.25) is 5.02 Å². The number of methoxy groups -OCH3 is 2. The average Bonchev–Trinajstić information content (AvgIpc) is 2.48. The highest BCUT2D eigenvalue weighted by molar-refractivity contribution is 9.10. The van der Waals surface area contributed by atoms with E-state index < -0.39 is 0 Å². The lowest BCUT2D eigenvalue weighted by molar-refractivity contribution is 0.355. The van der Waals surface area contributed by atoms with Crippen LogP contribution in [0.25, 0.3) is 0 Å². The number of rotatable bonds is 5. The predicted molar refractivity (Wildman–Crippen MR) is 86.0 cm³/mol. The van der Waals surface area contributed by atoms with E-state index in [0.717, 1.165) is 15.7 Å². The molecule has 0 amide bonds. The summed E-state index contributed by atoms with van der Waals surface area (Å²) >= 11 is 9.45. The minimum Gasteiger partial charge on any atom is -0.493 e. The molecule has 0 aliphatic carbocycles. The highest BCUT2D eigenvalue weighted by atomic mass is 79.9. The quantitative estimate of drug-likeness (QED) is 0.840. The lowest BCUT2D eigenvalue weighted by Gasteiger charge is -2.11. The van der Waals surface area contributed by atoms with Crippen LogP contribution < -0.4 is 14.8 Å². The molecule has 0 aliphatic heterocycles. The molecule has 0 spiro atoms. The molecule has 20 heavy (non-hydrogen) atoms. The summed E-state index contributed by atoms with van der Waals surface area (Å²) in [5.74, 6) is 1.41. The van der Waals surface area contributed by atoms with Crippen molar-refractivity contribution in [3.05, 3.63) is 51.5 Å². The van der Waals surface area contributed by atoms with Gasteiger partial charge in [-0.05, 0) is 45.8 Å². The fourth-order valence-corrected chi connectivity index (χ4v) is 2.25. The second-order valence-electron chi connectivity index (χ2n) is 4.17. The maximum atomic E-state index is 6.07. The highest BCUT2D eigenvalue weighted by Gasteiger charge is 2.05. The number of benzene rings is 2. The van der Waals surface area contributed by atoms with Crippen molar-refractivity contribution in [2.45, 2.75) is 6.54 Å². The van der Waals surface area contributed by atoms with Crippen LogP contribution in [0, 0.1) is 0 Å². The Hall–Kier alpha value is -1.39. The molecule has 0 heterocycles. The molecule has 2 aromatic carbocycles. The molecule has 0 unspecified atom stereocenters. The SMILES string of the molecule is COc1ccc(NCc2ccc(Br)c(Cl)c2)cc1OC. The number of hydrogen-bond donors (Lipinski definition) is 1. The van der Waals surface area contributed by atoms with Crippen molar-refractivity contribution >= 4 is 33.2 Å². The fourth-order valence-electron chi connectivity index (χ4n) is 1.80. The third-order valence-corrected chi connectivity index (χ3v) is 4.10. The third kappa shape index (κ3) is 3.58. The molecule has 0 saturated heterocycles. The second kappa shape index (κ2) is 6.86. The van der Waals surface area contributed by atoms with Crippen molar-refractivity contribution in [3.8, 4) is 11.5 Å². The molecule has 0 fully saturated rings. The van der Waals surface area contributed by atoms with Crippen LogP contribution in [-0.2, 0) is 6.54 Å². The highest BCUT2D eigenvalue weighted by Crippen LogP contribution is 2.30. The first-order chi connectivity index (χ1) is 9.63. The van der Waals surface area contributed by atoms with Crippen molar-refractivity contribution in [2.24, 2.45) is 0 Å². The molecule has 1 N–H and O–H groups in total. The average molecular weight is 357 g/mol. The van der Waals surface area contributed by atoms with E-state index in [0.29, 0.717) is 23.1 Å². The van der Waals surface area contributed by atoms with Gasteiger partial charge in [0.1, 0.15) is 0 Å². The molecule has 0 atom stereocenters. The minimum absolute atomic E-state index is 0.683. The second-order valence-corrected chi connectivity index (χ2v) is 5.43. The number of hydrogen-bond acceptors (Lipinski definition) is 3. The van der Waals surface area contributed by atoms with Gasteiger partial charge in [0.05, 0.1) is 19.2 Å². The van der Waals surface area contributed by atoms with Crippen LogP contribution >= 0.6 is 27.5 Å². The van der Waals surface area contributed by atoms with Crippen molar-refractivity contribution in [1.82, 2.24) is 0 Å². The summed E-state index contributed by atoms with van der Waals surface area (Å²) in [7, 11) is 3.24. The molecule has 2 rings (SSSR count). The van der Waals surface area contributed by atoms with Crippen LogP contribution in [0.15, 0.2) is 40.9 Å². The zero-order valence-electron chi connectivity index (χ0n) is 11.2. The molecule has 0 saturated carbocycles. The molecule has 0 aromatic heterocycles. The number of anilines is 1. The van der Waals surface area contributed by atoms with Crippen LogP contribution in [0.1, 0.15) is 5.56 Å². The van der Waals surface area contributed by atoms with Crippen molar-refractivity contribution in [3.63, 3.8) is 0 Å². The molecule has 0 bridgehead atoms. The summed E-state index contributed by atoms with van der Waals surface area (Å²) in [5.41, 5.74) is 2.06. The van der Waals surface area contributed by atoms with Gasteiger partial charge in [-0.15, -0.1) is 0 Å². The molecule has 3 nitrogen and oxygen atoms in total. The lowest BCUT2D eigenvalue weighted by atomic mass is 10.2. The van der Waals surface area contributed by atoms with Gasteiger partial charge in [-0.25, -0.2) is 0 Å². The Morgan fingerprint density at radius 2 is 1.80 bits per heavy atom. The fraction of sp³-hybridized carbons (Fsp3) is 0.200. The molecule has 2 aromatic rings. The summed E-state index contributed by atoms with van der Waals surface area (Å²) in [6.45, 7) is 0.683. The van der Waals surface area contributed by atoms with E-state index in [1.165, 1.54) is 0 Å². The molecule has 0 radical (unpaired) electrons. The predicted octanol–water partition coefficient (Wildman–Crippen LogP) is 4.73. The van der Waals surface area contributed by atoms with Gasteiger partial charge in [0.2, 0.25) is 0 Å². The van der Waals surface area contributed by atoms with Crippen LogP contribution in [-0.4, -0.2) is 14.2 Å². The van der Waals surface area contributed by atoms with Gasteiger partial charge >= 0.3 is 0 Å². The van der Waals surface area contributed by atoms with Crippen molar-refractivity contribution in [1.29, 1.82) is 0 Å². The number of ether oxygens (including phenoxy) is 2. The normalized spacial score (nSPS) is 10.2. The Morgan fingerprint density at radius 1 is 1.05 bits per heavy atom. The Labute approximate surface area is 132 Å². The van der Waals surface area contributed by atoms with Gasteiger partial charge in [0.25, 0.3) is 0 Å². The molecular weight excluding hydrogens is 342 g/mol.